The monoisotopic (exact) mass is 417 g/mol. The van der Waals surface area contributed by atoms with Crippen molar-refractivity contribution in [3.63, 3.8) is 0 Å². The molecule has 5 nitrogen and oxygen atoms in total. The lowest BCUT2D eigenvalue weighted by atomic mass is 10.0. The van der Waals surface area contributed by atoms with Gasteiger partial charge in [0, 0.05) is 36.6 Å². The van der Waals surface area contributed by atoms with E-state index in [1.807, 2.05) is 29.2 Å². The third kappa shape index (κ3) is 6.07. The fourth-order valence-corrected chi connectivity index (χ4v) is 3.32. The summed E-state index contributed by atoms with van der Waals surface area (Å²) in [6.07, 6.45) is 3.77. The third-order valence-corrected chi connectivity index (χ3v) is 4.93. The first-order chi connectivity index (χ1) is 11.1. The van der Waals surface area contributed by atoms with Crippen LogP contribution in [0.4, 0.5) is 0 Å². The minimum Gasteiger partial charge on any atom is -0.354 e. The van der Waals surface area contributed by atoms with Gasteiger partial charge < -0.3 is 16.0 Å². The molecule has 1 heterocycles. The number of nitrogens with two attached hydrogens (primary N) is 1. The molecule has 0 bridgehead atoms. The second kappa shape index (κ2) is 10.7. The number of benzene rings is 1. The van der Waals surface area contributed by atoms with Crippen LogP contribution in [0.3, 0.4) is 0 Å². The van der Waals surface area contributed by atoms with Crippen molar-refractivity contribution in [1.82, 2.24) is 10.2 Å². The Morgan fingerprint density at radius 1 is 1.29 bits per heavy atom. The molecule has 0 radical (unpaired) electrons. The highest BCUT2D eigenvalue weighted by Crippen LogP contribution is 2.21. The molecule has 1 fully saturated rings. The molecule has 3 N–H and O–H groups in total. The Morgan fingerprint density at radius 3 is 2.75 bits per heavy atom. The minimum absolute atomic E-state index is 0. The molecular formula is C17H25BrClN3O2. The summed E-state index contributed by atoms with van der Waals surface area (Å²) in [5, 5.41) is 2.89. The van der Waals surface area contributed by atoms with Gasteiger partial charge in [-0.1, -0.05) is 34.1 Å². The Bertz CT molecular complexity index is 556. The number of carbonyl (C=O) groups is 2. The second-order valence-electron chi connectivity index (χ2n) is 5.85. The van der Waals surface area contributed by atoms with Crippen LogP contribution in [0.2, 0.25) is 0 Å². The maximum absolute atomic E-state index is 12.7. The van der Waals surface area contributed by atoms with E-state index >= 15 is 0 Å². The topological polar surface area (TPSA) is 75.4 Å². The lowest BCUT2D eigenvalue weighted by Crippen LogP contribution is -2.50. The van der Waals surface area contributed by atoms with E-state index in [9.17, 15) is 9.59 Å². The number of hydrogen-bond donors (Lipinski definition) is 2. The van der Waals surface area contributed by atoms with Crippen molar-refractivity contribution in [3.8, 4) is 0 Å². The number of carbonyl (C=O) groups excluding carboxylic acids is 2. The number of halogens is 2. The molecular weight excluding hydrogens is 394 g/mol. The van der Waals surface area contributed by atoms with Crippen molar-refractivity contribution in [2.45, 2.75) is 38.1 Å². The molecule has 1 aliphatic rings. The highest BCUT2D eigenvalue weighted by molar-refractivity contribution is 9.10. The number of nitrogens with one attached hydrogen (secondary N) is 1. The number of amides is 2. The summed E-state index contributed by atoms with van der Waals surface area (Å²) >= 11 is 3.49. The van der Waals surface area contributed by atoms with Crippen LogP contribution >= 0.6 is 28.3 Å². The molecule has 2 rings (SSSR count). The fraction of sp³-hybridized carbons (Fsp3) is 0.529. The predicted octanol–water partition coefficient (Wildman–Crippen LogP) is 2.26. The van der Waals surface area contributed by atoms with Crippen molar-refractivity contribution < 1.29 is 9.59 Å². The van der Waals surface area contributed by atoms with Gasteiger partial charge in [0.15, 0.2) is 0 Å². The smallest absolute Gasteiger partial charge is 0.227 e. The van der Waals surface area contributed by atoms with Crippen LogP contribution < -0.4 is 11.1 Å². The van der Waals surface area contributed by atoms with Crippen LogP contribution in [0.5, 0.6) is 0 Å². The first kappa shape index (κ1) is 20.9. The number of nitrogens with zero attached hydrogens (tertiary/aromatic N) is 1. The third-order valence-electron chi connectivity index (χ3n) is 4.15. The molecule has 1 aliphatic heterocycles. The van der Waals surface area contributed by atoms with Crippen LogP contribution in [0.25, 0.3) is 0 Å². The maximum atomic E-state index is 12.7. The van der Waals surface area contributed by atoms with E-state index in [1.54, 1.807) is 0 Å². The zero-order valence-electron chi connectivity index (χ0n) is 13.7. The van der Waals surface area contributed by atoms with Gasteiger partial charge in [0.1, 0.15) is 0 Å². The van der Waals surface area contributed by atoms with Crippen molar-refractivity contribution in [1.29, 1.82) is 0 Å². The maximum Gasteiger partial charge on any atom is 0.227 e. The Kier molecular flexibility index (Phi) is 9.33. The molecule has 7 heteroatoms. The Hall–Kier alpha value is -1.11. The van der Waals surface area contributed by atoms with E-state index < -0.39 is 0 Å². The Labute approximate surface area is 157 Å². The molecule has 134 valence electrons. The van der Waals surface area contributed by atoms with E-state index in [-0.39, 0.29) is 30.3 Å². The Morgan fingerprint density at radius 2 is 2.04 bits per heavy atom. The fourth-order valence-electron chi connectivity index (χ4n) is 2.90. The average Bonchev–Trinajstić information content (AvgIpc) is 2.55. The summed E-state index contributed by atoms with van der Waals surface area (Å²) in [4.78, 5) is 26.2. The molecule has 1 atom stereocenters. The van der Waals surface area contributed by atoms with Crippen molar-refractivity contribution >= 4 is 40.2 Å². The molecule has 1 aromatic rings. The SMILES string of the molecule is Cl.NCCC(=O)NCC1CCCCN1C(=O)Cc1ccccc1Br. The normalized spacial score (nSPS) is 17.1. The van der Waals surface area contributed by atoms with Gasteiger partial charge in [0.05, 0.1) is 6.42 Å². The first-order valence-corrected chi connectivity index (χ1v) is 8.90. The molecule has 0 saturated carbocycles. The quantitative estimate of drug-likeness (QED) is 0.744. The summed E-state index contributed by atoms with van der Waals surface area (Å²) in [6.45, 7) is 1.63. The molecule has 2 amide bonds. The van der Waals surface area contributed by atoms with E-state index in [0.717, 1.165) is 35.8 Å². The summed E-state index contributed by atoms with van der Waals surface area (Å²) < 4.78 is 0.957. The van der Waals surface area contributed by atoms with Gasteiger partial charge in [-0.05, 0) is 30.9 Å². The van der Waals surface area contributed by atoms with Crippen LogP contribution in [-0.2, 0) is 16.0 Å². The van der Waals surface area contributed by atoms with Crippen molar-refractivity contribution in [2.75, 3.05) is 19.6 Å². The molecule has 0 aromatic heterocycles. The summed E-state index contributed by atoms with van der Waals surface area (Å²) in [7, 11) is 0. The lowest BCUT2D eigenvalue weighted by Gasteiger charge is -2.36. The highest BCUT2D eigenvalue weighted by Gasteiger charge is 2.27. The molecule has 1 unspecified atom stereocenters. The van der Waals surface area contributed by atoms with E-state index in [0.29, 0.717) is 25.9 Å². The summed E-state index contributed by atoms with van der Waals surface area (Å²) in [6, 6.07) is 7.87. The van der Waals surface area contributed by atoms with Gasteiger partial charge in [-0.3, -0.25) is 9.59 Å². The van der Waals surface area contributed by atoms with Crippen LogP contribution in [-0.4, -0.2) is 42.4 Å². The molecule has 1 aromatic carbocycles. The van der Waals surface area contributed by atoms with Gasteiger partial charge in [-0.2, -0.15) is 0 Å². The van der Waals surface area contributed by atoms with E-state index in [4.69, 9.17) is 5.73 Å². The molecule has 0 spiro atoms. The number of likely N-dealkylation sites (tertiary alicyclic amines) is 1. The Balaban J connectivity index is 0.00000288. The highest BCUT2D eigenvalue weighted by atomic mass is 79.9. The van der Waals surface area contributed by atoms with E-state index in [2.05, 4.69) is 21.2 Å². The van der Waals surface area contributed by atoms with Gasteiger partial charge in [-0.25, -0.2) is 0 Å². The van der Waals surface area contributed by atoms with E-state index in [1.165, 1.54) is 0 Å². The first-order valence-electron chi connectivity index (χ1n) is 8.11. The van der Waals surface area contributed by atoms with Crippen LogP contribution in [0.1, 0.15) is 31.2 Å². The number of piperidine rings is 1. The van der Waals surface area contributed by atoms with Crippen LogP contribution in [0, 0.1) is 0 Å². The zero-order chi connectivity index (χ0) is 16.7. The van der Waals surface area contributed by atoms with Gasteiger partial charge in [0.2, 0.25) is 11.8 Å². The van der Waals surface area contributed by atoms with Gasteiger partial charge in [0.25, 0.3) is 0 Å². The average molecular weight is 419 g/mol. The van der Waals surface area contributed by atoms with Crippen molar-refractivity contribution in [2.24, 2.45) is 5.73 Å². The van der Waals surface area contributed by atoms with Crippen molar-refractivity contribution in [3.05, 3.63) is 34.3 Å². The van der Waals surface area contributed by atoms with Gasteiger partial charge >= 0.3 is 0 Å². The van der Waals surface area contributed by atoms with Crippen LogP contribution in [0.15, 0.2) is 28.7 Å². The summed E-state index contributed by atoms with van der Waals surface area (Å²) in [5.41, 5.74) is 6.38. The number of rotatable bonds is 6. The lowest BCUT2D eigenvalue weighted by molar-refractivity contribution is -0.134. The molecule has 24 heavy (non-hydrogen) atoms. The minimum atomic E-state index is -0.0451. The standard InChI is InChI=1S/C17H24BrN3O2.ClH/c18-15-7-2-1-5-13(15)11-17(23)21-10-4-3-6-14(21)12-20-16(22)8-9-19;/h1-2,5,7,14H,3-4,6,8-12,19H2,(H,20,22);1H. The van der Waals surface area contributed by atoms with Gasteiger partial charge in [-0.15, -0.1) is 12.4 Å². The summed E-state index contributed by atoms with van der Waals surface area (Å²) in [5.74, 6) is 0.0750. The number of hydrogen-bond acceptors (Lipinski definition) is 3. The largest absolute Gasteiger partial charge is 0.354 e. The predicted molar refractivity (Wildman–Crippen MR) is 101 cm³/mol. The zero-order valence-corrected chi connectivity index (χ0v) is 16.1. The second-order valence-corrected chi connectivity index (χ2v) is 6.70. The molecule has 0 aliphatic carbocycles. The molecule has 1 saturated heterocycles.